The van der Waals surface area contributed by atoms with Crippen LogP contribution in [0.3, 0.4) is 0 Å². The van der Waals surface area contributed by atoms with E-state index in [1.165, 1.54) is 18.3 Å². The number of halogens is 3. The fourth-order valence-electron chi connectivity index (χ4n) is 1.48. The van der Waals surface area contributed by atoms with Crippen LogP contribution in [-0.2, 0) is 9.05 Å². The van der Waals surface area contributed by atoms with Gasteiger partial charge in [-0.1, -0.05) is 11.6 Å². The van der Waals surface area contributed by atoms with E-state index >= 15 is 0 Å². The van der Waals surface area contributed by atoms with E-state index in [9.17, 15) is 17.6 Å². The van der Waals surface area contributed by atoms with Gasteiger partial charge in [0.2, 0.25) is 0 Å². The topological polar surface area (TPSA) is 76.1 Å². The minimum absolute atomic E-state index is 0.0643. The molecule has 0 spiro atoms. The number of pyridine rings is 1. The first-order chi connectivity index (χ1) is 9.77. The molecule has 0 fully saturated rings. The third-order valence-corrected chi connectivity index (χ3v) is 4.00. The Bertz CT molecular complexity index is 795. The molecule has 2 aromatic rings. The summed E-state index contributed by atoms with van der Waals surface area (Å²) in [6, 6.07) is 5.83. The molecule has 0 aliphatic heterocycles. The fourth-order valence-corrected chi connectivity index (χ4v) is 2.52. The van der Waals surface area contributed by atoms with E-state index in [0.717, 1.165) is 18.2 Å². The van der Waals surface area contributed by atoms with Crippen molar-refractivity contribution in [2.45, 2.75) is 4.90 Å². The van der Waals surface area contributed by atoms with Gasteiger partial charge in [-0.15, -0.1) is 0 Å². The number of aromatic nitrogens is 1. The number of anilines is 1. The lowest BCUT2D eigenvalue weighted by Crippen LogP contribution is -2.13. The van der Waals surface area contributed by atoms with E-state index < -0.39 is 25.7 Å². The van der Waals surface area contributed by atoms with Crippen molar-refractivity contribution < 1.29 is 17.6 Å². The molecule has 110 valence electrons. The van der Waals surface area contributed by atoms with Crippen molar-refractivity contribution in [3.8, 4) is 0 Å². The quantitative estimate of drug-likeness (QED) is 0.683. The summed E-state index contributed by atoms with van der Waals surface area (Å²) in [7, 11) is 0.813. The maximum absolute atomic E-state index is 13.4. The first-order valence-corrected chi connectivity index (χ1v) is 8.13. The van der Waals surface area contributed by atoms with Gasteiger partial charge in [-0.25, -0.2) is 17.8 Å². The van der Waals surface area contributed by atoms with Gasteiger partial charge < -0.3 is 5.32 Å². The fraction of sp³-hybridized carbons (Fsp3) is 0. The molecule has 0 aliphatic carbocycles. The van der Waals surface area contributed by atoms with Gasteiger partial charge in [0.1, 0.15) is 15.9 Å². The van der Waals surface area contributed by atoms with Crippen LogP contribution in [-0.4, -0.2) is 19.3 Å². The van der Waals surface area contributed by atoms with Crippen LogP contribution in [0.1, 0.15) is 10.4 Å². The molecule has 1 aromatic carbocycles. The average molecular weight is 349 g/mol. The second kappa shape index (κ2) is 5.97. The first kappa shape index (κ1) is 15.7. The van der Waals surface area contributed by atoms with Crippen LogP contribution in [0.15, 0.2) is 41.4 Å². The Morgan fingerprint density at radius 2 is 1.95 bits per heavy atom. The molecule has 0 unspecified atom stereocenters. The predicted octanol–water partition coefficient (Wildman–Crippen LogP) is 3.05. The Labute approximate surface area is 129 Å². The summed E-state index contributed by atoms with van der Waals surface area (Å²) in [5.41, 5.74) is 0.287. The van der Waals surface area contributed by atoms with Crippen molar-refractivity contribution in [2.75, 3.05) is 5.32 Å². The normalized spacial score (nSPS) is 11.2. The summed E-state index contributed by atoms with van der Waals surface area (Å²) in [4.78, 5) is 15.0. The van der Waals surface area contributed by atoms with Crippen LogP contribution >= 0.6 is 22.3 Å². The first-order valence-electron chi connectivity index (χ1n) is 5.44. The highest BCUT2D eigenvalue weighted by Gasteiger charge is 2.19. The van der Waals surface area contributed by atoms with Crippen molar-refractivity contribution in [1.82, 2.24) is 4.98 Å². The molecule has 1 amide bonds. The van der Waals surface area contributed by atoms with Gasteiger partial charge in [-0.3, -0.25) is 4.79 Å². The Balaban J connectivity index is 2.30. The molecule has 1 heterocycles. The molecule has 0 bridgehead atoms. The summed E-state index contributed by atoms with van der Waals surface area (Å²) in [5, 5.41) is 2.72. The largest absolute Gasteiger partial charge is 0.321 e. The molecule has 0 aliphatic rings. The SMILES string of the molecule is O=C(Nc1ccc(Cl)nc1)c1ccc(F)c(S(=O)(=O)Cl)c1. The Hall–Kier alpha value is -1.70. The van der Waals surface area contributed by atoms with E-state index in [-0.39, 0.29) is 10.7 Å². The third-order valence-electron chi connectivity index (χ3n) is 2.44. The number of hydrogen-bond acceptors (Lipinski definition) is 4. The number of carbonyl (C=O) groups is 1. The number of carbonyl (C=O) groups excluding carboxylic acids is 1. The summed E-state index contributed by atoms with van der Waals surface area (Å²) >= 11 is 5.61. The van der Waals surface area contributed by atoms with Gasteiger partial charge in [0, 0.05) is 16.2 Å². The van der Waals surface area contributed by atoms with Gasteiger partial charge >= 0.3 is 0 Å². The Morgan fingerprint density at radius 1 is 1.24 bits per heavy atom. The molecule has 0 atom stereocenters. The van der Waals surface area contributed by atoms with Gasteiger partial charge in [-0.2, -0.15) is 0 Å². The van der Waals surface area contributed by atoms with Gasteiger partial charge in [0.05, 0.1) is 11.9 Å². The average Bonchev–Trinajstić information content (AvgIpc) is 2.40. The van der Waals surface area contributed by atoms with Gasteiger partial charge in [-0.05, 0) is 30.3 Å². The number of nitrogens with zero attached hydrogens (tertiary/aromatic N) is 1. The minimum atomic E-state index is -4.28. The van der Waals surface area contributed by atoms with E-state index in [4.69, 9.17) is 22.3 Å². The Morgan fingerprint density at radius 3 is 2.52 bits per heavy atom. The second-order valence-electron chi connectivity index (χ2n) is 3.91. The lowest BCUT2D eigenvalue weighted by molar-refractivity contribution is 0.102. The van der Waals surface area contributed by atoms with Gasteiger partial charge in [0.15, 0.2) is 0 Å². The zero-order valence-corrected chi connectivity index (χ0v) is 12.5. The maximum atomic E-state index is 13.4. The number of benzene rings is 1. The summed E-state index contributed by atoms with van der Waals surface area (Å²) in [5.74, 6) is -1.67. The standard InChI is InChI=1S/C12H7Cl2FN2O3S/c13-11-4-2-8(6-16-11)17-12(18)7-1-3-9(15)10(5-7)21(14,19)20/h1-6H,(H,17,18). The maximum Gasteiger partial charge on any atom is 0.264 e. The van der Waals surface area contributed by atoms with E-state index in [0.29, 0.717) is 5.69 Å². The number of nitrogens with one attached hydrogen (secondary N) is 1. The molecule has 2 rings (SSSR count). The zero-order chi connectivity index (χ0) is 15.6. The van der Waals surface area contributed by atoms with Crippen molar-refractivity contribution in [2.24, 2.45) is 0 Å². The van der Waals surface area contributed by atoms with E-state index in [1.54, 1.807) is 0 Å². The molecule has 0 saturated carbocycles. The van der Waals surface area contributed by atoms with Crippen molar-refractivity contribution in [3.05, 3.63) is 53.1 Å². The summed E-state index contributed by atoms with van der Waals surface area (Å²) in [6.45, 7) is 0. The van der Waals surface area contributed by atoms with Crippen molar-refractivity contribution in [3.63, 3.8) is 0 Å². The van der Waals surface area contributed by atoms with Crippen LogP contribution < -0.4 is 5.32 Å². The highest BCUT2D eigenvalue weighted by Crippen LogP contribution is 2.21. The second-order valence-corrected chi connectivity index (χ2v) is 6.83. The molecule has 9 heteroatoms. The molecule has 1 N–H and O–H groups in total. The number of amides is 1. The molecule has 21 heavy (non-hydrogen) atoms. The predicted molar refractivity (Wildman–Crippen MR) is 76.6 cm³/mol. The van der Waals surface area contributed by atoms with Crippen molar-refractivity contribution >= 4 is 42.9 Å². The van der Waals surface area contributed by atoms with Crippen LogP contribution in [0.25, 0.3) is 0 Å². The summed E-state index contributed by atoms with van der Waals surface area (Å²) in [6.07, 6.45) is 1.32. The molecular weight excluding hydrogens is 342 g/mol. The Kier molecular flexibility index (Phi) is 4.46. The number of rotatable bonds is 3. The molecule has 1 aromatic heterocycles. The smallest absolute Gasteiger partial charge is 0.264 e. The van der Waals surface area contributed by atoms with Gasteiger partial charge in [0.25, 0.3) is 15.0 Å². The zero-order valence-electron chi connectivity index (χ0n) is 10.2. The highest BCUT2D eigenvalue weighted by atomic mass is 35.7. The minimum Gasteiger partial charge on any atom is -0.321 e. The van der Waals surface area contributed by atoms with Crippen LogP contribution in [0.4, 0.5) is 10.1 Å². The molecular formula is C12H7Cl2FN2O3S. The lowest BCUT2D eigenvalue weighted by Gasteiger charge is -2.06. The van der Waals surface area contributed by atoms with Crippen molar-refractivity contribution in [1.29, 1.82) is 0 Å². The number of hydrogen-bond donors (Lipinski definition) is 1. The van der Waals surface area contributed by atoms with Crippen LogP contribution in [0.2, 0.25) is 5.15 Å². The highest BCUT2D eigenvalue weighted by molar-refractivity contribution is 8.13. The summed E-state index contributed by atoms with van der Waals surface area (Å²) < 4.78 is 35.8. The van der Waals surface area contributed by atoms with E-state index in [1.807, 2.05) is 0 Å². The van der Waals surface area contributed by atoms with E-state index in [2.05, 4.69) is 10.3 Å². The van der Waals surface area contributed by atoms with Crippen LogP contribution in [0.5, 0.6) is 0 Å². The lowest BCUT2D eigenvalue weighted by atomic mass is 10.2. The molecule has 0 radical (unpaired) electrons. The van der Waals surface area contributed by atoms with Crippen LogP contribution in [0, 0.1) is 5.82 Å². The third kappa shape index (κ3) is 3.90. The molecule has 5 nitrogen and oxygen atoms in total. The monoisotopic (exact) mass is 348 g/mol. The molecule has 0 saturated heterocycles.